The highest BCUT2D eigenvalue weighted by Gasteiger charge is 2.42. The summed E-state index contributed by atoms with van der Waals surface area (Å²) >= 11 is 0. The van der Waals surface area contributed by atoms with Crippen molar-refractivity contribution in [1.29, 1.82) is 31.6 Å². The van der Waals surface area contributed by atoms with Crippen LogP contribution in [0, 0.1) is 90.1 Å². The van der Waals surface area contributed by atoms with Crippen LogP contribution in [-0.4, -0.2) is 132 Å². The molecule has 85 heavy (non-hydrogen) atoms. The van der Waals surface area contributed by atoms with E-state index in [0.717, 1.165) is 18.2 Å². The molecule has 448 valence electrons. The molecule has 0 radical (unpaired) electrons. The molecule has 0 aromatic carbocycles. The topological polar surface area (TPSA) is 317 Å². The Morgan fingerprint density at radius 3 is 1.19 bits per heavy atom. The summed E-state index contributed by atoms with van der Waals surface area (Å²) in [5.41, 5.74) is 0.537. The first-order chi connectivity index (χ1) is 40.4. The van der Waals surface area contributed by atoms with Crippen LogP contribution in [0.1, 0.15) is 119 Å². The van der Waals surface area contributed by atoms with Crippen LogP contribution in [0.25, 0.3) is 0 Å². The highest BCUT2D eigenvalue weighted by Crippen LogP contribution is 2.48. The third-order valence-electron chi connectivity index (χ3n) is 16.0. The lowest BCUT2D eigenvalue weighted by Gasteiger charge is -2.37. The second-order valence-electron chi connectivity index (χ2n) is 24.3. The number of rotatable bonds is 22. The minimum absolute atomic E-state index is 0.0798. The molecule has 0 aromatic heterocycles. The third-order valence-corrected chi connectivity index (χ3v) is 16.0. The summed E-state index contributed by atoms with van der Waals surface area (Å²) in [7, 11) is 0. The highest BCUT2D eigenvalue weighted by molar-refractivity contribution is 5.96. The lowest BCUT2D eigenvalue weighted by molar-refractivity contribution is -0.313. The number of nitrogens with zero attached hydrogens (tertiary/aromatic N) is 10. The molecular weight excluding hydrogens is 1090 g/mol. The number of carbonyl (C=O) groups is 5. The van der Waals surface area contributed by atoms with Gasteiger partial charge in [-0.2, -0.15) is 31.6 Å². The van der Waals surface area contributed by atoms with Gasteiger partial charge in [0.05, 0.1) is 56.2 Å². The van der Waals surface area contributed by atoms with Crippen LogP contribution in [0.5, 0.6) is 0 Å². The van der Waals surface area contributed by atoms with E-state index < -0.39 is 70.3 Å². The number of nitriles is 6. The molecular formula is C63H74N10O12. The Morgan fingerprint density at radius 1 is 0.541 bits per heavy atom. The van der Waals surface area contributed by atoms with Crippen LogP contribution in [0.15, 0.2) is 105 Å². The van der Waals surface area contributed by atoms with Crippen molar-refractivity contribution in [1.82, 2.24) is 19.9 Å². The number of likely N-dealkylation sites (tertiary alicyclic amines) is 3. The van der Waals surface area contributed by atoms with Gasteiger partial charge in [0.25, 0.3) is 0 Å². The Balaban J connectivity index is 1.24. The average Bonchev–Trinajstić information content (AvgIpc) is 2.78. The number of allylic oxidation sites excluding steroid dienone is 10. The van der Waals surface area contributed by atoms with E-state index in [9.17, 15) is 60.8 Å². The summed E-state index contributed by atoms with van der Waals surface area (Å²) in [5.74, 6) is -4.19. The van der Waals surface area contributed by atoms with E-state index in [1.165, 1.54) is 0 Å². The van der Waals surface area contributed by atoms with E-state index in [2.05, 4.69) is 37.9 Å². The van der Waals surface area contributed by atoms with E-state index in [1.807, 2.05) is 74.4 Å². The molecule has 22 heteroatoms. The second kappa shape index (κ2) is 28.6. The number of ether oxygens (including phenoxy) is 5. The minimum atomic E-state index is -0.975. The molecule has 1 N–H and O–H groups in total. The lowest BCUT2D eigenvalue weighted by Crippen LogP contribution is -2.33. The van der Waals surface area contributed by atoms with Crippen LogP contribution in [0.2, 0.25) is 0 Å². The predicted molar refractivity (Wildman–Crippen MR) is 303 cm³/mol. The molecule has 6 aliphatic rings. The molecule has 3 saturated heterocycles. The molecule has 6 rings (SSSR count). The first-order valence-corrected chi connectivity index (χ1v) is 28.4. The van der Waals surface area contributed by atoms with E-state index in [1.54, 1.807) is 0 Å². The largest absolute Gasteiger partial charge is 0.462 e. The molecule has 0 spiro atoms. The zero-order valence-corrected chi connectivity index (χ0v) is 49.4. The normalized spacial score (nSPS) is 23.5. The molecule has 3 unspecified atom stereocenters. The highest BCUT2D eigenvalue weighted by atomic mass is 16.9. The minimum Gasteiger partial charge on any atom is -0.462 e. The quantitative estimate of drug-likeness (QED) is 0.0352. The van der Waals surface area contributed by atoms with E-state index >= 15 is 0 Å². The van der Waals surface area contributed by atoms with E-state index in [0.29, 0.717) is 100 Å². The Kier molecular flexibility index (Phi) is 21.9. The maximum atomic E-state index is 14.0. The SMILES string of the molecule is C=CC(=O)OC1CCN(C2=C(C#N)/C(=C(\C#N)C(=O)OCCC(CCOC(=O)/C(C#N)=C3\CC(C)(C)CC(N4CCC(OC(=O)C=C)C4)=C3C#N)CCON(O)/C(C#N)=C3\CC(C)(C)CC(N4CCC(OC(=O)C=C)C4)=C3C#N)CC(C)(C)C2)C1. The summed E-state index contributed by atoms with van der Waals surface area (Å²) in [6.07, 6.45) is 5.63. The fourth-order valence-electron chi connectivity index (χ4n) is 12.0. The van der Waals surface area contributed by atoms with Crippen molar-refractivity contribution in [2.75, 3.05) is 59.1 Å². The van der Waals surface area contributed by atoms with Gasteiger partial charge < -0.3 is 38.4 Å². The van der Waals surface area contributed by atoms with Crippen LogP contribution >= 0.6 is 0 Å². The molecule has 0 saturated carbocycles. The van der Waals surface area contributed by atoms with Crippen LogP contribution in [0.4, 0.5) is 0 Å². The van der Waals surface area contributed by atoms with Crippen molar-refractivity contribution in [3.05, 3.63) is 105 Å². The van der Waals surface area contributed by atoms with Gasteiger partial charge in [-0.25, -0.2) is 28.8 Å². The monoisotopic (exact) mass is 1160 g/mol. The number of hydroxylamine groups is 2. The lowest BCUT2D eigenvalue weighted by atomic mass is 9.72. The van der Waals surface area contributed by atoms with Gasteiger partial charge in [0.2, 0.25) is 0 Å². The van der Waals surface area contributed by atoms with Crippen molar-refractivity contribution in [2.45, 2.75) is 137 Å². The molecule has 3 aliphatic heterocycles. The summed E-state index contributed by atoms with van der Waals surface area (Å²) < 4.78 is 28.0. The van der Waals surface area contributed by atoms with Gasteiger partial charge in [-0.1, -0.05) is 61.3 Å². The number of hydrogen-bond acceptors (Lipinski definition) is 22. The molecule has 3 fully saturated rings. The summed E-state index contributed by atoms with van der Waals surface area (Å²) in [5, 5.41) is 75.0. The maximum absolute atomic E-state index is 14.0. The Hall–Kier alpha value is -8.93. The van der Waals surface area contributed by atoms with Crippen molar-refractivity contribution < 1.29 is 57.7 Å². The Bertz CT molecular complexity index is 3050. The predicted octanol–water partition coefficient (Wildman–Crippen LogP) is 8.10. The molecule has 22 nitrogen and oxygen atoms in total. The Morgan fingerprint density at radius 2 is 0.871 bits per heavy atom. The molecule has 3 aliphatic carbocycles. The van der Waals surface area contributed by atoms with Gasteiger partial charge in [-0.3, -0.25) is 5.21 Å². The van der Waals surface area contributed by atoms with Gasteiger partial charge in [0.15, 0.2) is 5.70 Å². The van der Waals surface area contributed by atoms with Crippen LogP contribution in [-0.2, 0) is 52.5 Å². The molecule has 0 bridgehead atoms. The van der Waals surface area contributed by atoms with Crippen molar-refractivity contribution in [3.63, 3.8) is 0 Å². The third kappa shape index (κ3) is 16.5. The smallest absolute Gasteiger partial charge is 0.349 e. The van der Waals surface area contributed by atoms with Crippen LogP contribution < -0.4 is 0 Å². The zero-order chi connectivity index (χ0) is 62.4. The molecule has 0 aromatic rings. The number of hydrogen-bond donors (Lipinski definition) is 1. The van der Waals surface area contributed by atoms with Crippen LogP contribution in [0.3, 0.4) is 0 Å². The van der Waals surface area contributed by atoms with Gasteiger partial charge >= 0.3 is 29.8 Å². The van der Waals surface area contributed by atoms with Gasteiger partial charge in [-0.05, 0) is 91.1 Å². The second-order valence-corrected chi connectivity index (χ2v) is 24.3. The van der Waals surface area contributed by atoms with E-state index in [4.69, 9.17) is 28.5 Å². The molecule has 3 atom stereocenters. The molecule has 0 amide bonds. The standard InChI is InChI=1S/C63H74N10O12/c1-10-56(74)83-41-13-19-70(37-41)52-28-61(4,5)25-44(47(52)31-64)50(34-67)59(77)80-22-16-40(17-23-81-60(78)51(35-68)45-26-62(6,7)29-53(48(45)32-65)71-20-14-42(38-71)84-57(75)11-2)18-24-82-73(79)55(36-69)46-27-63(8,9)30-54(49(46)33-66)72-21-15-43(39-72)85-58(76)12-3/h10-12,40-43,79H,1-3,13-30,37-39H2,4-9H3/b50-44+,51-45+,55-46+. The van der Waals surface area contributed by atoms with Gasteiger partial charge in [0.1, 0.15) is 65.9 Å². The van der Waals surface area contributed by atoms with Crippen molar-refractivity contribution >= 4 is 29.8 Å². The van der Waals surface area contributed by atoms with Gasteiger partial charge in [0, 0.05) is 79.8 Å². The van der Waals surface area contributed by atoms with Gasteiger partial charge in [-0.15, -0.1) is 5.23 Å². The zero-order valence-electron chi connectivity index (χ0n) is 49.4. The fraction of sp³-hybridized carbons (Fsp3) is 0.540. The first-order valence-electron chi connectivity index (χ1n) is 28.4. The first kappa shape index (κ1) is 65.2. The fourth-order valence-corrected chi connectivity index (χ4v) is 12.0. The van der Waals surface area contributed by atoms with Crippen molar-refractivity contribution in [3.8, 4) is 36.4 Å². The number of carbonyl (C=O) groups excluding carboxylic acids is 5. The summed E-state index contributed by atoms with van der Waals surface area (Å²) in [6, 6.07) is 12.6. The molecule has 3 heterocycles. The average molecular weight is 1160 g/mol. The summed E-state index contributed by atoms with van der Waals surface area (Å²) in [6.45, 7) is 23.6. The maximum Gasteiger partial charge on any atom is 0.349 e. The Labute approximate surface area is 497 Å². The van der Waals surface area contributed by atoms with E-state index in [-0.39, 0.29) is 109 Å². The number of esters is 5. The summed E-state index contributed by atoms with van der Waals surface area (Å²) in [4.78, 5) is 75.6. The van der Waals surface area contributed by atoms with Crippen molar-refractivity contribution in [2.24, 2.45) is 22.2 Å².